The Labute approximate surface area is 155 Å². The van der Waals surface area contributed by atoms with E-state index >= 15 is 0 Å². The molecule has 2 fully saturated rings. The fraction of sp³-hybridized carbons (Fsp3) is 0.737. The molecular weight excluding hydrogens is 332 g/mol. The minimum atomic E-state index is -0.169. The molecule has 0 N–H and O–H groups in total. The summed E-state index contributed by atoms with van der Waals surface area (Å²) in [4.78, 5) is 28.4. The third kappa shape index (κ3) is 3.92. The Balaban J connectivity index is 1.58. The first-order valence-corrected chi connectivity index (χ1v) is 9.59. The van der Waals surface area contributed by atoms with Crippen molar-refractivity contribution in [3.05, 3.63) is 18.0 Å². The molecule has 0 saturated carbocycles. The molecule has 3 heterocycles. The lowest BCUT2D eigenvalue weighted by atomic mass is 9.78. The van der Waals surface area contributed by atoms with E-state index in [4.69, 9.17) is 4.74 Å². The zero-order chi connectivity index (χ0) is 18.7. The van der Waals surface area contributed by atoms with E-state index in [1.54, 1.807) is 21.8 Å². The van der Waals surface area contributed by atoms with Crippen LogP contribution in [0.3, 0.4) is 0 Å². The lowest BCUT2D eigenvalue weighted by Crippen LogP contribution is -2.51. The third-order valence-corrected chi connectivity index (χ3v) is 5.75. The van der Waals surface area contributed by atoms with Crippen molar-refractivity contribution in [2.45, 2.75) is 51.2 Å². The highest BCUT2D eigenvalue weighted by Gasteiger charge is 2.41. The maximum absolute atomic E-state index is 12.8. The molecule has 0 radical (unpaired) electrons. The van der Waals surface area contributed by atoms with E-state index in [1.165, 1.54) is 0 Å². The highest BCUT2D eigenvalue weighted by atomic mass is 16.5. The number of hydrogen-bond acceptors (Lipinski definition) is 4. The summed E-state index contributed by atoms with van der Waals surface area (Å²) in [7, 11) is 3.62. The SMILES string of the molecule is CCn1nccc1C(=O)N1CCC2(CC1)CC(CC(=O)N(C)C)CCO2. The van der Waals surface area contributed by atoms with Gasteiger partial charge in [0.15, 0.2) is 0 Å². The number of piperidine rings is 1. The normalized spacial score (nSPS) is 22.4. The molecule has 1 spiro atoms. The number of likely N-dealkylation sites (tertiary alicyclic amines) is 1. The van der Waals surface area contributed by atoms with Crippen molar-refractivity contribution in [1.82, 2.24) is 19.6 Å². The molecule has 0 bridgehead atoms. The van der Waals surface area contributed by atoms with Gasteiger partial charge in [0.1, 0.15) is 5.69 Å². The summed E-state index contributed by atoms with van der Waals surface area (Å²) < 4.78 is 7.90. The lowest BCUT2D eigenvalue weighted by molar-refractivity contribution is -0.139. The van der Waals surface area contributed by atoms with E-state index < -0.39 is 0 Å². The fourth-order valence-corrected chi connectivity index (χ4v) is 4.13. The smallest absolute Gasteiger partial charge is 0.272 e. The predicted octanol–water partition coefficient (Wildman–Crippen LogP) is 1.78. The van der Waals surface area contributed by atoms with Crippen molar-refractivity contribution in [2.24, 2.45) is 5.92 Å². The second-order valence-electron chi connectivity index (χ2n) is 7.71. The van der Waals surface area contributed by atoms with Gasteiger partial charge < -0.3 is 14.5 Å². The van der Waals surface area contributed by atoms with Gasteiger partial charge in [0.05, 0.1) is 5.60 Å². The maximum Gasteiger partial charge on any atom is 0.272 e. The fourth-order valence-electron chi connectivity index (χ4n) is 4.13. The van der Waals surface area contributed by atoms with Crippen molar-refractivity contribution in [3.8, 4) is 0 Å². The summed E-state index contributed by atoms with van der Waals surface area (Å²) in [5.74, 6) is 0.615. The molecule has 2 aliphatic heterocycles. The number of rotatable bonds is 4. The number of aromatic nitrogens is 2. The molecule has 1 unspecified atom stereocenters. The van der Waals surface area contributed by atoms with Crippen molar-refractivity contribution in [3.63, 3.8) is 0 Å². The van der Waals surface area contributed by atoms with Crippen LogP contribution in [0.1, 0.15) is 49.5 Å². The predicted molar refractivity (Wildman–Crippen MR) is 97.8 cm³/mol. The summed E-state index contributed by atoms with van der Waals surface area (Å²) in [5.41, 5.74) is 0.486. The molecule has 0 aliphatic carbocycles. The largest absolute Gasteiger partial charge is 0.375 e. The van der Waals surface area contributed by atoms with E-state index in [9.17, 15) is 9.59 Å². The Morgan fingerprint density at radius 2 is 2.08 bits per heavy atom. The van der Waals surface area contributed by atoms with Crippen molar-refractivity contribution < 1.29 is 14.3 Å². The van der Waals surface area contributed by atoms with Crippen LogP contribution >= 0.6 is 0 Å². The Kier molecular flexibility index (Phi) is 5.65. The molecule has 2 amide bonds. The van der Waals surface area contributed by atoms with Gasteiger partial charge in [0, 0.05) is 53.0 Å². The average Bonchev–Trinajstić information content (AvgIpc) is 3.10. The Hall–Kier alpha value is -1.89. The molecule has 144 valence electrons. The molecule has 0 aromatic carbocycles. The van der Waals surface area contributed by atoms with Crippen molar-refractivity contribution in [1.29, 1.82) is 0 Å². The van der Waals surface area contributed by atoms with E-state index in [0.29, 0.717) is 44.3 Å². The van der Waals surface area contributed by atoms with Crippen LogP contribution in [0.5, 0.6) is 0 Å². The maximum atomic E-state index is 12.8. The topological polar surface area (TPSA) is 67.7 Å². The van der Waals surface area contributed by atoms with Crippen LogP contribution in [0.25, 0.3) is 0 Å². The van der Waals surface area contributed by atoms with Gasteiger partial charge in [-0.2, -0.15) is 5.10 Å². The lowest BCUT2D eigenvalue weighted by Gasteiger charge is -2.46. The van der Waals surface area contributed by atoms with Gasteiger partial charge in [0.25, 0.3) is 5.91 Å². The van der Waals surface area contributed by atoms with Gasteiger partial charge in [-0.15, -0.1) is 0 Å². The van der Waals surface area contributed by atoms with Crippen LogP contribution in [0.4, 0.5) is 0 Å². The van der Waals surface area contributed by atoms with Crippen LogP contribution in [0.15, 0.2) is 12.3 Å². The molecule has 7 heteroatoms. The zero-order valence-electron chi connectivity index (χ0n) is 16.1. The number of carbonyl (C=O) groups is 2. The molecule has 2 saturated heterocycles. The first kappa shape index (κ1) is 18.9. The van der Waals surface area contributed by atoms with E-state index in [0.717, 1.165) is 25.7 Å². The van der Waals surface area contributed by atoms with E-state index in [2.05, 4.69) is 5.10 Å². The molecular formula is C19H30N4O3. The zero-order valence-corrected chi connectivity index (χ0v) is 16.1. The Morgan fingerprint density at radius 1 is 1.35 bits per heavy atom. The highest BCUT2D eigenvalue weighted by molar-refractivity contribution is 5.92. The number of aryl methyl sites for hydroxylation is 1. The average molecular weight is 362 g/mol. The van der Waals surface area contributed by atoms with E-state index in [-0.39, 0.29) is 17.4 Å². The van der Waals surface area contributed by atoms with Gasteiger partial charge in [-0.3, -0.25) is 14.3 Å². The van der Waals surface area contributed by atoms with Gasteiger partial charge >= 0.3 is 0 Å². The highest BCUT2D eigenvalue weighted by Crippen LogP contribution is 2.39. The van der Waals surface area contributed by atoms with Gasteiger partial charge in [-0.25, -0.2) is 0 Å². The first-order chi connectivity index (χ1) is 12.4. The van der Waals surface area contributed by atoms with Gasteiger partial charge in [-0.1, -0.05) is 0 Å². The van der Waals surface area contributed by atoms with Gasteiger partial charge in [0.2, 0.25) is 5.91 Å². The molecule has 26 heavy (non-hydrogen) atoms. The molecule has 3 rings (SSSR count). The van der Waals surface area contributed by atoms with Crippen LogP contribution in [0.2, 0.25) is 0 Å². The molecule has 7 nitrogen and oxygen atoms in total. The second-order valence-corrected chi connectivity index (χ2v) is 7.71. The summed E-state index contributed by atoms with van der Waals surface area (Å²) >= 11 is 0. The quantitative estimate of drug-likeness (QED) is 0.819. The first-order valence-electron chi connectivity index (χ1n) is 9.59. The standard InChI is InChI=1S/C19H30N4O3/c1-4-23-16(5-9-20-23)18(25)22-10-7-19(8-11-22)14-15(6-12-26-19)13-17(24)21(2)3/h5,9,15H,4,6-8,10-14H2,1-3H3. The molecule has 1 atom stereocenters. The van der Waals surface area contributed by atoms with Gasteiger partial charge in [-0.05, 0) is 44.6 Å². The number of amides is 2. The Bertz CT molecular complexity index is 647. The summed E-state index contributed by atoms with van der Waals surface area (Å²) in [6.07, 6.45) is 5.81. The summed E-state index contributed by atoms with van der Waals surface area (Å²) in [6.45, 7) is 4.78. The molecule has 1 aromatic heterocycles. The Morgan fingerprint density at radius 3 is 2.73 bits per heavy atom. The second kappa shape index (κ2) is 7.78. The minimum Gasteiger partial charge on any atom is -0.375 e. The third-order valence-electron chi connectivity index (χ3n) is 5.75. The van der Waals surface area contributed by atoms with Crippen LogP contribution in [-0.2, 0) is 16.1 Å². The van der Waals surface area contributed by atoms with Crippen LogP contribution in [-0.4, -0.2) is 70.8 Å². The number of nitrogens with zero attached hydrogens (tertiary/aromatic N) is 4. The van der Waals surface area contributed by atoms with Crippen LogP contribution in [0, 0.1) is 5.92 Å². The van der Waals surface area contributed by atoms with Crippen LogP contribution < -0.4 is 0 Å². The minimum absolute atomic E-state index is 0.0503. The summed E-state index contributed by atoms with van der Waals surface area (Å²) in [6, 6.07) is 1.79. The number of hydrogen-bond donors (Lipinski definition) is 0. The number of ether oxygens (including phenoxy) is 1. The monoisotopic (exact) mass is 362 g/mol. The van der Waals surface area contributed by atoms with E-state index in [1.807, 2.05) is 25.9 Å². The summed E-state index contributed by atoms with van der Waals surface area (Å²) in [5, 5.41) is 4.19. The molecule has 1 aromatic rings. The van der Waals surface area contributed by atoms with Crippen molar-refractivity contribution in [2.75, 3.05) is 33.8 Å². The number of carbonyl (C=O) groups excluding carboxylic acids is 2. The molecule has 2 aliphatic rings. The van der Waals surface area contributed by atoms with Crippen molar-refractivity contribution >= 4 is 11.8 Å².